The van der Waals surface area contributed by atoms with Crippen molar-refractivity contribution in [1.82, 2.24) is 0 Å². The van der Waals surface area contributed by atoms with Gasteiger partial charge in [0.25, 0.3) is 5.69 Å². The number of benzene rings is 1. The molecule has 0 amide bonds. The van der Waals surface area contributed by atoms with Crippen LogP contribution in [0.15, 0.2) is 29.8 Å². The van der Waals surface area contributed by atoms with E-state index in [4.69, 9.17) is 4.74 Å². The minimum atomic E-state index is -0.837. The van der Waals surface area contributed by atoms with Crippen LogP contribution in [0.4, 0.5) is 5.69 Å². The van der Waals surface area contributed by atoms with Gasteiger partial charge < -0.3 is 4.74 Å². The number of carbonyl (C=O) groups is 1. The van der Waals surface area contributed by atoms with Crippen LogP contribution in [0.2, 0.25) is 0 Å². The van der Waals surface area contributed by atoms with Crippen LogP contribution < -0.4 is 0 Å². The first-order valence-electron chi connectivity index (χ1n) is 6.35. The zero-order chi connectivity index (χ0) is 15.1. The lowest BCUT2D eigenvalue weighted by molar-refractivity contribution is -0.384. The summed E-state index contributed by atoms with van der Waals surface area (Å²) in [7, 11) is 0. The predicted molar refractivity (Wildman–Crippen MR) is 75.3 cm³/mol. The second-order valence-corrected chi connectivity index (χ2v) is 5.86. The van der Waals surface area contributed by atoms with E-state index in [1.54, 1.807) is 32.1 Å². The van der Waals surface area contributed by atoms with Crippen molar-refractivity contribution < 1.29 is 14.5 Å². The molecule has 5 heteroatoms. The van der Waals surface area contributed by atoms with E-state index in [0.29, 0.717) is 5.57 Å². The third kappa shape index (κ3) is 2.49. The first-order chi connectivity index (χ1) is 9.13. The highest BCUT2D eigenvalue weighted by Gasteiger charge is 2.49. The van der Waals surface area contributed by atoms with E-state index < -0.39 is 16.1 Å². The maximum atomic E-state index is 12.3. The lowest BCUT2D eigenvalue weighted by atomic mass is 9.91. The van der Waals surface area contributed by atoms with E-state index in [2.05, 4.69) is 0 Å². The number of hydrogen-bond acceptors (Lipinski definition) is 4. The van der Waals surface area contributed by atoms with Crippen molar-refractivity contribution in [3.8, 4) is 0 Å². The zero-order valence-corrected chi connectivity index (χ0v) is 12.0. The third-order valence-corrected chi connectivity index (χ3v) is 3.37. The molecule has 0 aromatic heterocycles. The van der Waals surface area contributed by atoms with Crippen molar-refractivity contribution in [1.29, 1.82) is 0 Å². The Kier molecular flexibility index (Phi) is 3.26. The van der Waals surface area contributed by atoms with Gasteiger partial charge in [-0.2, -0.15) is 0 Å². The Bertz CT molecular complexity index is 597. The molecule has 5 nitrogen and oxygen atoms in total. The fraction of sp³-hybridized carbons (Fsp3) is 0.400. The maximum absolute atomic E-state index is 12.3. The zero-order valence-electron chi connectivity index (χ0n) is 12.0. The monoisotopic (exact) mass is 275 g/mol. The lowest BCUT2D eigenvalue weighted by Crippen LogP contribution is -2.29. The topological polar surface area (TPSA) is 69.4 Å². The minimum Gasteiger partial charge on any atom is -0.357 e. The summed E-state index contributed by atoms with van der Waals surface area (Å²) in [5.41, 5.74) is -0.149. The van der Waals surface area contributed by atoms with E-state index in [-0.39, 0.29) is 11.5 Å². The molecule has 0 bridgehead atoms. The summed E-state index contributed by atoms with van der Waals surface area (Å²) in [6, 6.07) is 6.09. The molecular weight excluding hydrogens is 258 g/mol. The summed E-state index contributed by atoms with van der Waals surface area (Å²) in [6.45, 7) is 7.18. The van der Waals surface area contributed by atoms with Crippen molar-refractivity contribution in [2.45, 2.75) is 38.9 Å². The van der Waals surface area contributed by atoms with Crippen LogP contribution in [0.5, 0.6) is 0 Å². The maximum Gasteiger partial charge on any atom is 0.269 e. The van der Waals surface area contributed by atoms with Gasteiger partial charge in [0.15, 0.2) is 5.78 Å². The second kappa shape index (κ2) is 4.52. The number of ether oxygens (including phenoxy) is 1. The normalized spacial score (nSPS) is 22.2. The summed E-state index contributed by atoms with van der Waals surface area (Å²) >= 11 is 0. The molecule has 20 heavy (non-hydrogen) atoms. The van der Waals surface area contributed by atoms with Gasteiger partial charge in [-0.3, -0.25) is 14.9 Å². The summed E-state index contributed by atoms with van der Waals surface area (Å²) < 4.78 is 5.77. The number of ketones is 1. The number of nitro groups is 1. The Morgan fingerprint density at radius 2 is 1.65 bits per heavy atom. The number of non-ortho nitro benzene ring substituents is 1. The van der Waals surface area contributed by atoms with Gasteiger partial charge in [-0.25, -0.2) is 0 Å². The Labute approximate surface area is 117 Å². The molecule has 0 saturated carbocycles. The van der Waals surface area contributed by atoms with E-state index in [1.807, 2.05) is 13.8 Å². The van der Waals surface area contributed by atoms with Crippen molar-refractivity contribution in [2.24, 2.45) is 0 Å². The van der Waals surface area contributed by atoms with Crippen LogP contribution in [-0.4, -0.2) is 21.9 Å². The summed E-state index contributed by atoms with van der Waals surface area (Å²) in [4.78, 5) is 22.5. The van der Waals surface area contributed by atoms with Gasteiger partial charge in [0.2, 0.25) is 0 Å². The molecule has 1 saturated heterocycles. The first kappa shape index (κ1) is 14.4. The molecule has 1 aliphatic heterocycles. The summed E-state index contributed by atoms with van der Waals surface area (Å²) in [5.74, 6) is -0.0548. The van der Waals surface area contributed by atoms with Gasteiger partial charge in [0, 0.05) is 17.7 Å². The molecule has 0 atom stereocenters. The smallest absolute Gasteiger partial charge is 0.269 e. The molecule has 1 aliphatic rings. The molecule has 1 fully saturated rings. The van der Waals surface area contributed by atoms with E-state index in [0.717, 1.165) is 5.56 Å². The van der Waals surface area contributed by atoms with Gasteiger partial charge in [-0.15, -0.1) is 0 Å². The highest BCUT2D eigenvalue weighted by Crippen LogP contribution is 2.39. The molecule has 2 rings (SSSR count). The van der Waals surface area contributed by atoms with Crippen molar-refractivity contribution >= 4 is 17.5 Å². The molecule has 0 aliphatic carbocycles. The van der Waals surface area contributed by atoms with E-state index in [1.165, 1.54) is 12.1 Å². The Morgan fingerprint density at radius 1 is 1.10 bits per heavy atom. The number of carbonyl (C=O) groups excluding carboxylic acids is 1. The lowest BCUT2D eigenvalue weighted by Gasteiger charge is -2.22. The second-order valence-electron chi connectivity index (χ2n) is 5.86. The fourth-order valence-electron chi connectivity index (χ4n) is 2.44. The summed E-state index contributed by atoms with van der Waals surface area (Å²) in [6.07, 6.45) is 1.74. The van der Waals surface area contributed by atoms with Gasteiger partial charge in [0.05, 0.1) is 10.5 Å². The Hall–Kier alpha value is -2.01. The van der Waals surface area contributed by atoms with Crippen LogP contribution in [-0.2, 0) is 9.53 Å². The molecule has 1 aromatic rings. The standard InChI is InChI=1S/C15H17NO4/c1-14(2)12(13(17)15(3,4)20-14)9-10-5-7-11(8-6-10)16(18)19/h5-9H,1-4H3. The number of nitro benzene ring substituents is 1. The quantitative estimate of drug-likeness (QED) is 0.472. The van der Waals surface area contributed by atoms with Crippen molar-refractivity contribution in [3.05, 3.63) is 45.5 Å². The number of Topliss-reactive ketones (excluding diaryl/α,β-unsaturated/α-hetero) is 1. The number of hydrogen-bond donors (Lipinski definition) is 0. The van der Waals surface area contributed by atoms with Gasteiger partial charge in [0.1, 0.15) is 5.60 Å². The molecule has 1 heterocycles. The molecular formula is C15H17NO4. The van der Waals surface area contributed by atoms with Crippen molar-refractivity contribution in [2.75, 3.05) is 0 Å². The molecule has 0 radical (unpaired) electrons. The van der Waals surface area contributed by atoms with Crippen LogP contribution in [0, 0.1) is 10.1 Å². The summed E-state index contributed by atoms with van der Waals surface area (Å²) in [5, 5.41) is 10.6. The Balaban J connectivity index is 2.39. The molecule has 0 unspecified atom stereocenters. The predicted octanol–water partition coefficient (Wildman–Crippen LogP) is 3.13. The first-order valence-corrected chi connectivity index (χ1v) is 6.35. The highest BCUT2D eigenvalue weighted by molar-refractivity contribution is 6.08. The highest BCUT2D eigenvalue weighted by atomic mass is 16.6. The van der Waals surface area contributed by atoms with Gasteiger partial charge >= 0.3 is 0 Å². The minimum absolute atomic E-state index is 0.0285. The fourth-order valence-corrected chi connectivity index (χ4v) is 2.44. The molecule has 0 N–H and O–H groups in total. The molecule has 106 valence electrons. The molecule has 0 spiro atoms. The average Bonchev–Trinajstić information content (AvgIpc) is 2.48. The van der Waals surface area contributed by atoms with Crippen molar-refractivity contribution in [3.63, 3.8) is 0 Å². The SMILES string of the molecule is CC1(C)OC(C)(C)C(=Cc2ccc([N+](=O)[O-])cc2)C1=O. The van der Waals surface area contributed by atoms with Gasteiger partial charge in [-0.1, -0.05) is 0 Å². The largest absolute Gasteiger partial charge is 0.357 e. The Morgan fingerprint density at radius 3 is 2.05 bits per heavy atom. The number of nitrogens with zero attached hydrogens (tertiary/aromatic N) is 1. The van der Waals surface area contributed by atoms with Crippen LogP contribution >= 0.6 is 0 Å². The van der Waals surface area contributed by atoms with Gasteiger partial charge in [-0.05, 0) is 51.5 Å². The third-order valence-electron chi connectivity index (χ3n) is 3.37. The van der Waals surface area contributed by atoms with Crippen LogP contribution in [0.3, 0.4) is 0 Å². The average molecular weight is 275 g/mol. The number of rotatable bonds is 2. The van der Waals surface area contributed by atoms with Crippen LogP contribution in [0.1, 0.15) is 33.3 Å². The van der Waals surface area contributed by atoms with E-state index in [9.17, 15) is 14.9 Å². The van der Waals surface area contributed by atoms with E-state index >= 15 is 0 Å². The molecule has 1 aromatic carbocycles. The van der Waals surface area contributed by atoms with Crippen LogP contribution in [0.25, 0.3) is 6.08 Å².